The molecule has 1 amide bonds. The van der Waals surface area contributed by atoms with Gasteiger partial charge < -0.3 is 23.8 Å². The van der Waals surface area contributed by atoms with Crippen molar-refractivity contribution in [1.82, 2.24) is 5.32 Å². The molecule has 0 aliphatic rings. The van der Waals surface area contributed by atoms with Crippen LogP contribution in [-0.4, -0.2) is 45.6 Å². The Kier molecular flexibility index (Phi) is 7.74. The van der Waals surface area contributed by atoms with Crippen LogP contribution in [0.15, 0.2) is 30.3 Å². The molecule has 0 fully saturated rings. The highest BCUT2D eigenvalue weighted by Gasteiger charge is 2.33. The normalized spacial score (nSPS) is 12.3. The molecule has 0 aliphatic carbocycles. The Morgan fingerprint density at radius 1 is 1.13 bits per heavy atom. The Morgan fingerprint density at radius 3 is 2.26 bits per heavy atom. The van der Waals surface area contributed by atoms with Crippen LogP contribution in [0.5, 0.6) is 0 Å². The number of methoxy groups -OCH3 is 1. The van der Waals surface area contributed by atoms with Crippen molar-refractivity contribution in [3.05, 3.63) is 35.9 Å². The average Bonchev–Trinajstić information content (AvgIpc) is 2.59. The van der Waals surface area contributed by atoms with Gasteiger partial charge in [-0.15, -0.1) is 0 Å². The Morgan fingerprint density at radius 2 is 1.74 bits per heavy atom. The van der Waals surface area contributed by atoms with E-state index < -0.39 is 25.7 Å². The molecule has 8 nitrogen and oxygen atoms in total. The summed E-state index contributed by atoms with van der Waals surface area (Å²) in [6.45, 7) is 0.0345. The van der Waals surface area contributed by atoms with E-state index in [1.165, 1.54) is 14.2 Å². The monoisotopic (exact) mass is 345 g/mol. The number of ether oxygens (including phenoxy) is 2. The number of rotatable bonds is 8. The van der Waals surface area contributed by atoms with E-state index in [0.29, 0.717) is 0 Å². The highest BCUT2D eigenvalue weighted by atomic mass is 31.2. The third-order valence-corrected chi connectivity index (χ3v) is 4.88. The summed E-state index contributed by atoms with van der Waals surface area (Å²) in [7, 11) is 0.0147. The minimum absolute atomic E-state index is 0.0345. The Bertz CT molecular complexity index is 556. The smallest absolute Gasteiger partial charge is 0.408 e. The van der Waals surface area contributed by atoms with Gasteiger partial charge in [0.1, 0.15) is 12.6 Å². The molecule has 0 spiro atoms. The molecular weight excluding hydrogens is 325 g/mol. The fourth-order valence-electron chi connectivity index (χ4n) is 1.68. The number of carbonyl (C=O) groups is 2. The van der Waals surface area contributed by atoms with Crippen molar-refractivity contribution in [2.24, 2.45) is 0 Å². The molecule has 1 atom stereocenters. The Labute approximate surface area is 134 Å². The third-order valence-electron chi connectivity index (χ3n) is 2.95. The van der Waals surface area contributed by atoms with Gasteiger partial charge in [0, 0.05) is 14.2 Å². The summed E-state index contributed by atoms with van der Waals surface area (Å²) >= 11 is 0. The summed E-state index contributed by atoms with van der Waals surface area (Å²) in [4.78, 5) is 23.5. The van der Waals surface area contributed by atoms with Crippen LogP contribution in [0, 0.1) is 0 Å². The molecule has 0 aliphatic heterocycles. The zero-order valence-electron chi connectivity index (χ0n) is 13.2. The van der Waals surface area contributed by atoms with Gasteiger partial charge in [0.15, 0.2) is 0 Å². The summed E-state index contributed by atoms with van der Waals surface area (Å²) in [6.07, 6.45) is -1.21. The summed E-state index contributed by atoms with van der Waals surface area (Å²) in [5.41, 5.74) is 0.789. The molecule has 0 radical (unpaired) electrons. The molecule has 0 heterocycles. The van der Waals surface area contributed by atoms with Gasteiger partial charge in [0.2, 0.25) is 0 Å². The van der Waals surface area contributed by atoms with Crippen LogP contribution in [0.2, 0.25) is 0 Å². The first kappa shape index (κ1) is 19.2. The van der Waals surface area contributed by atoms with Gasteiger partial charge in [-0.2, -0.15) is 0 Å². The first-order chi connectivity index (χ1) is 10.9. The maximum absolute atomic E-state index is 12.1. The van der Waals surface area contributed by atoms with E-state index in [0.717, 1.165) is 12.7 Å². The topological polar surface area (TPSA) is 100 Å². The lowest BCUT2D eigenvalue weighted by Crippen LogP contribution is -2.44. The van der Waals surface area contributed by atoms with Gasteiger partial charge in [0.05, 0.1) is 13.3 Å². The van der Waals surface area contributed by atoms with Crippen LogP contribution in [0.4, 0.5) is 4.79 Å². The number of esters is 1. The summed E-state index contributed by atoms with van der Waals surface area (Å²) < 4.78 is 31.2. The van der Waals surface area contributed by atoms with Gasteiger partial charge >= 0.3 is 19.7 Å². The summed E-state index contributed by atoms with van der Waals surface area (Å²) in [6, 6.07) is 7.81. The number of benzene rings is 1. The molecule has 1 rings (SSSR count). The maximum Gasteiger partial charge on any atom is 0.408 e. The van der Waals surface area contributed by atoms with Crippen LogP contribution >= 0.6 is 7.60 Å². The van der Waals surface area contributed by atoms with Crippen molar-refractivity contribution in [3.63, 3.8) is 0 Å². The van der Waals surface area contributed by atoms with Crippen molar-refractivity contribution in [2.75, 3.05) is 27.5 Å². The lowest BCUT2D eigenvalue weighted by molar-refractivity contribution is -0.142. The van der Waals surface area contributed by atoms with Gasteiger partial charge in [-0.25, -0.2) is 9.59 Å². The molecule has 9 heteroatoms. The lowest BCUT2D eigenvalue weighted by Gasteiger charge is -2.20. The van der Waals surface area contributed by atoms with E-state index in [4.69, 9.17) is 13.8 Å². The fourth-order valence-corrected chi connectivity index (χ4v) is 2.81. The molecule has 0 saturated carbocycles. The van der Waals surface area contributed by atoms with E-state index in [1.807, 2.05) is 6.07 Å². The van der Waals surface area contributed by atoms with Crippen molar-refractivity contribution in [2.45, 2.75) is 12.6 Å². The fraction of sp³-hybridized carbons (Fsp3) is 0.429. The quantitative estimate of drug-likeness (QED) is 0.567. The van der Waals surface area contributed by atoms with Crippen molar-refractivity contribution in [1.29, 1.82) is 0 Å². The molecule has 1 unspecified atom stereocenters. The second-order valence-corrected chi connectivity index (χ2v) is 6.76. The number of amides is 1. The van der Waals surface area contributed by atoms with E-state index in [9.17, 15) is 14.2 Å². The van der Waals surface area contributed by atoms with Gasteiger partial charge in [-0.05, 0) is 5.56 Å². The molecule has 23 heavy (non-hydrogen) atoms. The number of nitrogens with one attached hydrogen (secondary N) is 1. The van der Waals surface area contributed by atoms with Crippen LogP contribution in [-0.2, 0) is 34.5 Å². The minimum atomic E-state index is -3.51. The van der Waals surface area contributed by atoms with E-state index in [1.54, 1.807) is 24.3 Å². The first-order valence-electron chi connectivity index (χ1n) is 6.69. The third kappa shape index (κ3) is 6.40. The molecule has 1 aromatic rings. The first-order valence-corrected chi connectivity index (χ1v) is 8.42. The van der Waals surface area contributed by atoms with E-state index in [2.05, 4.69) is 10.1 Å². The lowest BCUT2D eigenvalue weighted by atomic mass is 10.2. The number of hydrogen-bond acceptors (Lipinski definition) is 7. The Balaban J connectivity index is 2.64. The predicted octanol–water partition coefficient (Wildman–Crippen LogP) is 1.94. The molecule has 1 N–H and O–H groups in total. The van der Waals surface area contributed by atoms with Crippen LogP contribution in [0.1, 0.15) is 5.56 Å². The maximum atomic E-state index is 12.1. The number of alkyl carbamates (subject to hydrolysis) is 1. The second kappa shape index (κ2) is 9.29. The predicted molar refractivity (Wildman–Crippen MR) is 82.1 cm³/mol. The van der Waals surface area contributed by atoms with Crippen molar-refractivity contribution < 1.29 is 32.7 Å². The summed E-state index contributed by atoms with van der Waals surface area (Å²) in [5.74, 6) is -0.781. The molecular formula is C14H20NO7P. The highest BCUT2D eigenvalue weighted by Crippen LogP contribution is 2.46. The van der Waals surface area contributed by atoms with Crippen LogP contribution in [0.3, 0.4) is 0 Å². The largest absolute Gasteiger partial charge is 0.467 e. The summed E-state index contributed by atoms with van der Waals surface area (Å²) in [5, 5.41) is 2.29. The van der Waals surface area contributed by atoms with Crippen molar-refractivity contribution in [3.8, 4) is 0 Å². The molecule has 1 aromatic carbocycles. The average molecular weight is 345 g/mol. The van der Waals surface area contributed by atoms with Crippen LogP contribution < -0.4 is 5.32 Å². The van der Waals surface area contributed by atoms with Gasteiger partial charge in [-0.3, -0.25) is 4.57 Å². The standard InChI is InChI=1S/C14H20NO7P/c1-19-13(16)12(10-23(18,20-2)21-3)15-14(17)22-9-11-7-5-4-6-8-11/h4-8,12H,9-10H2,1-3H3,(H,15,17). The van der Waals surface area contributed by atoms with Gasteiger partial charge in [0.25, 0.3) is 0 Å². The minimum Gasteiger partial charge on any atom is -0.467 e. The molecule has 0 saturated heterocycles. The molecule has 0 bridgehead atoms. The zero-order chi connectivity index (χ0) is 17.3. The van der Waals surface area contributed by atoms with E-state index >= 15 is 0 Å². The number of carbonyl (C=O) groups excluding carboxylic acids is 2. The Hall–Kier alpha value is -1.89. The zero-order valence-corrected chi connectivity index (χ0v) is 14.1. The molecule has 128 valence electrons. The SMILES string of the molecule is COC(=O)C(CP(=O)(OC)OC)NC(=O)OCc1ccccc1. The number of hydrogen-bond donors (Lipinski definition) is 1. The second-order valence-electron chi connectivity index (χ2n) is 4.44. The molecule has 0 aromatic heterocycles. The highest BCUT2D eigenvalue weighted by molar-refractivity contribution is 7.53. The van der Waals surface area contributed by atoms with Crippen LogP contribution in [0.25, 0.3) is 0 Å². The van der Waals surface area contributed by atoms with E-state index in [-0.39, 0.29) is 12.8 Å². The van der Waals surface area contributed by atoms with Crippen molar-refractivity contribution >= 4 is 19.7 Å². The van der Waals surface area contributed by atoms with Gasteiger partial charge in [-0.1, -0.05) is 30.3 Å².